The molecule has 3 aromatic rings. The fourth-order valence-electron chi connectivity index (χ4n) is 4.59. The topological polar surface area (TPSA) is 104 Å². The number of aromatic amines is 1. The van der Waals surface area contributed by atoms with E-state index >= 15 is 0 Å². The van der Waals surface area contributed by atoms with Crippen LogP contribution < -0.4 is 5.32 Å². The van der Waals surface area contributed by atoms with Gasteiger partial charge in [-0.05, 0) is 73.7 Å². The fraction of sp³-hybridized carbons (Fsp3) is 0.333. The van der Waals surface area contributed by atoms with E-state index in [1.165, 1.54) is 46.8 Å². The lowest BCUT2D eigenvalue weighted by molar-refractivity contribution is -0.0114. The maximum Gasteiger partial charge on any atom is 0.251 e. The van der Waals surface area contributed by atoms with E-state index in [0.717, 1.165) is 31.2 Å². The number of aromatic nitrogens is 2. The second-order valence-electron chi connectivity index (χ2n) is 9.21. The van der Waals surface area contributed by atoms with E-state index in [1.54, 1.807) is 6.20 Å². The standard InChI is InChI=1S/C27H27FN4O4S/c28-23-8-4-19(5-9-23)3-6-21-14-22(27(33)29-13-1-2-20-15-30-31-16-20)7-12-26(21)37(34,35)32-17-24-10-11-25(18-32)36-24/h4-5,7-9,12,14-16,24-25H,1-2,10-11,13,17-18H2,(H,29,33)(H,30,31). The lowest BCUT2D eigenvalue weighted by Gasteiger charge is -2.31. The maximum atomic E-state index is 13.6. The van der Waals surface area contributed by atoms with Gasteiger partial charge in [-0.15, -0.1) is 0 Å². The molecule has 2 bridgehead atoms. The molecule has 2 atom stereocenters. The van der Waals surface area contributed by atoms with Gasteiger partial charge in [-0.25, -0.2) is 12.8 Å². The highest BCUT2D eigenvalue weighted by molar-refractivity contribution is 7.89. The Labute approximate surface area is 215 Å². The number of sulfonamides is 1. The lowest BCUT2D eigenvalue weighted by atomic mass is 10.1. The van der Waals surface area contributed by atoms with Crippen molar-refractivity contribution in [3.63, 3.8) is 0 Å². The van der Waals surface area contributed by atoms with Crippen LogP contribution in [-0.4, -0.2) is 60.7 Å². The van der Waals surface area contributed by atoms with Crippen molar-refractivity contribution in [3.05, 3.63) is 82.9 Å². The SMILES string of the molecule is O=C(NCCCc1cn[nH]c1)c1ccc(S(=O)(=O)N2CC3CCC(C2)O3)c(C#Cc2ccc(F)cc2)c1. The molecular formula is C27H27FN4O4S. The van der Waals surface area contributed by atoms with Gasteiger partial charge in [0.2, 0.25) is 10.0 Å². The zero-order chi connectivity index (χ0) is 25.8. The minimum absolute atomic E-state index is 0.0416. The van der Waals surface area contributed by atoms with Gasteiger partial charge >= 0.3 is 0 Å². The lowest BCUT2D eigenvalue weighted by Crippen LogP contribution is -2.45. The highest BCUT2D eigenvalue weighted by Crippen LogP contribution is 2.31. The van der Waals surface area contributed by atoms with Crippen molar-refractivity contribution < 1.29 is 22.3 Å². The van der Waals surface area contributed by atoms with Crippen molar-refractivity contribution in [2.45, 2.75) is 42.8 Å². The Bertz CT molecular complexity index is 1420. The Morgan fingerprint density at radius 1 is 1.14 bits per heavy atom. The number of ether oxygens (including phenoxy) is 1. The molecule has 192 valence electrons. The molecule has 37 heavy (non-hydrogen) atoms. The van der Waals surface area contributed by atoms with Gasteiger partial charge in [-0.3, -0.25) is 9.89 Å². The molecule has 1 aromatic heterocycles. The van der Waals surface area contributed by atoms with Gasteiger partial charge in [0, 0.05) is 42.5 Å². The molecule has 2 N–H and O–H groups in total. The number of aryl methyl sites for hydroxylation is 1. The number of nitrogens with zero attached hydrogens (tertiary/aromatic N) is 2. The van der Waals surface area contributed by atoms with Gasteiger partial charge in [0.15, 0.2) is 0 Å². The largest absolute Gasteiger partial charge is 0.372 e. The molecule has 0 spiro atoms. The predicted molar refractivity (Wildman–Crippen MR) is 135 cm³/mol. The molecule has 0 aliphatic carbocycles. The molecule has 2 aliphatic rings. The number of morpholine rings is 1. The summed E-state index contributed by atoms with van der Waals surface area (Å²) in [5.41, 5.74) is 2.11. The summed E-state index contributed by atoms with van der Waals surface area (Å²) in [7, 11) is -3.87. The summed E-state index contributed by atoms with van der Waals surface area (Å²) in [5, 5.41) is 9.54. The van der Waals surface area contributed by atoms with Crippen LogP contribution in [0.15, 0.2) is 59.8 Å². The Morgan fingerprint density at radius 3 is 2.59 bits per heavy atom. The number of H-pyrrole nitrogens is 1. The van der Waals surface area contributed by atoms with Crippen LogP contribution >= 0.6 is 0 Å². The van der Waals surface area contributed by atoms with Crippen LogP contribution in [0.3, 0.4) is 0 Å². The summed E-state index contributed by atoms with van der Waals surface area (Å²) in [5.74, 6) is 5.11. The van der Waals surface area contributed by atoms with Crippen molar-refractivity contribution in [2.75, 3.05) is 19.6 Å². The molecule has 1 amide bonds. The minimum atomic E-state index is -3.87. The van der Waals surface area contributed by atoms with Crippen molar-refractivity contribution in [2.24, 2.45) is 0 Å². The average molecular weight is 523 g/mol. The van der Waals surface area contributed by atoms with Crippen molar-refractivity contribution in [3.8, 4) is 11.8 Å². The summed E-state index contributed by atoms with van der Waals surface area (Å²) in [6.45, 7) is 1.04. The summed E-state index contributed by atoms with van der Waals surface area (Å²) in [6.07, 6.45) is 6.53. The summed E-state index contributed by atoms with van der Waals surface area (Å²) in [4.78, 5) is 12.9. The molecule has 10 heteroatoms. The van der Waals surface area contributed by atoms with E-state index in [-0.39, 0.29) is 34.4 Å². The number of fused-ring (bicyclic) bond motifs is 2. The van der Waals surface area contributed by atoms with Crippen LogP contribution in [0.25, 0.3) is 0 Å². The van der Waals surface area contributed by atoms with E-state index in [4.69, 9.17) is 4.74 Å². The predicted octanol–water partition coefficient (Wildman–Crippen LogP) is 2.86. The Hall–Kier alpha value is -3.52. The zero-order valence-corrected chi connectivity index (χ0v) is 20.9. The van der Waals surface area contributed by atoms with Gasteiger partial charge < -0.3 is 10.1 Å². The number of amides is 1. The number of rotatable bonds is 7. The molecule has 2 unspecified atom stereocenters. The molecule has 0 radical (unpaired) electrons. The number of nitrogens with one attached hydrogen (secondary N) is 2. The molecule has 2 aromatic carbocycles. The van der Waals surface area contributed by atoms with Gasteiger partial charge in [0.05, 0.1) is 23.3 Å². The third-order valence-electron chi connectivity index (χ3n) is 6.54. The molecule has 3 heterocycles. The quantitative estimate of drug-likeness (QED) is 0.367. The Kier molecular flexibility index (Phi) is 7.37. The molecule has 2 aliphatic heterocycles. The van der Waals surface area contributed by atoms with Gasteiger partial charge in [-0.2, -0.15) is 9.40 Å². The first kappa shape index (κ1) is 25.1. The first-order valence-electron chi connectivity index (χ1n) is 12.2. The zero-order valence-electron chi connectivity index (χ0n) is 20.1. The second kappa shape index (κ2) is 10.8. The molecule has 0 saturated carbocycles. The average Bonchev–Trinajstić information content (AvgIpc) is 3.54. The molecule has 2 fully saturated rings. The molecule has 5 rings (SSSR count). The van der Waals surface area contributed by atoms with Gasteiger partial charge in [0.25, 0.3) is 5.91 Å². The number of carbonyl (C=O) groups is 1. The summed E-state index contributed by atoms with van der Waals surface area (Å²) >= 11 is 0. The third-order valence-corrected chi connectivity index (χ3v) is 8.43. The molecule has 2 saturated heterocycles. The van der Waals surface area contributed by atoms with Crippen molar-refractivity contribution >= 4 is 15.9 Å². The van der Waals surface area contributed by atoms with Crippen LogP contribution in [0.2, 0.25) is 0 Å². The van der Waals surface area contributed by atoms with E-state index < -0.39 is 10.0 Å². The normalized spacial score (nSPS) is 19.3. The highest BCUT2D eigenvalue weighted by Gasteiger charge is 2.40. The van der Waals surface area contributed by atoms with Gasteiger partial charge in [0.1, 0.15) is 5.82 Å². The minimum Gasteiger partial charge on any atom is -0.372 e. The Morgan fingerprint density at radius 2 is 1.89 bits per heavy atom. The third kappa shape index (κ3) is 5.91. The maximum absolute atomic E-state index is 13.6. The second-order valence-corrected chi connectivity index (χ2v) is 11.1. The number of benzene rings is 2. The van der Waals surface area contributed by atoms with Crippen molar-refractivity contribution in [1.29, 1.82) is 0 Å². The number of hydrogen-bond acceptors (Lipinski definition) is 5. The molecule has 8 nitrogen and oxygen atoms in total. The van der Waals surface area contributed by atoms with Crippen LogP contribution in [0.5, 0.6) is 0 Å². The van der Waals surface area contributed by atoms with E-state index in [1.807, 2.05) is 6.20 Å². The number of carbonyl (C=O) groups excluding carboxylic acids is 1. The van der Waals surface area contributed by atoms with E-state index in [9.17, 15) is 17.6 Å². The smallest absolute Gasteiger partial charge is 0.251 e. The summed E-state index contributed by atoms with van der Waals surface area (Å²) in [6, 6.07) is 10.1. The first-order chi connectivity index (χ1) is 17.9. The van der Waals surface area contributed by atoms with E-state index in [0.29, 0.717) is 30.8 Å². The van der Waals surface area contributed by atoms with Gasteiger partial charge in [-0.1, -0.05) is 11.8 Å². The fourth-order valence-corrected chi connectivity index (χ4v) is 6.22. The number of hydrogen-bond donors (Lipinski definition) is 2. The highest BCUT2D eigenvalue weighted by atomic mass is 32.2. The van der Waals surface area contributed by atoms with Crippen molar-refractivity contribution in [1.82, 2.24) is 19.8 Å². The monoisotopic (exact) mass is 522 g/mol. The summed E-state index contributed by atoms with van der Waals surface area (Å²) < 4.78 is 47.8. The van der Waals surface area contributed by atoms with Crippen LogP contribution in [0.4, 0.5) is 4.39 Å². The van der Waals surface area contributed by atoms with E-state index in [2.05, 4.69) is 27.4 Å². The Balaban J connectivity index is 1.39. The molecular weight excluding hydrogens is 495 g/mol. The number of halogens is 1. The van der Waals surface area contributed by atoms with Crippen LogP contribution in [0.1, 0.15) is 46.3 Å². The first-order valence-corrected chi connectivity index (χ1v) is 13.7. The van der Waals surface area contributed by atoms with Crippen LogP contribution in [0, 0.1) is 17.7 Å². The van der Waals surface area contributed by atoms with Crippen LogP contribution in [-0.2, 0) is 21.2 Å².